The Morgan fingerprint density at radius 2 is 2.29 bits per heavy atom. The highest BCUT2D eigenvalue weighted by Crippen LogP contribution is 2.24. The summed E-state index contributed by atoms with van der Waals surface area (Å²) >= 11 is 0. The molecule has 2 unspecified atom stereocenters. The molecule has 0 spiro atoms. The summed E-state index contributed by atoms with van der Waals surface area (Å²) in [6.07, 6.45) is 6.72. The number of nitrogens with one attached hydrogen (secondary N) is 1. The quantitative estimate of drug-likeness (QED) is 0.794. The molecule has 17 heavy (non-hydrogen) atoms. The zero-order valence-electron chi connectivity index (χ0n) is 9.80. The van der Waals surface area contributed by atoms with E-state index in [1.807, 2.05) is 7.05 Å². The Hall–Kier alpha value is -1.69. The lowest BCUT2D eigenvalue weighted by Gasteiger charge is -2.17. The number of hydrogen-bond donors (Lipinski definition) is 2. The number of nitrogens with zero attached hydrogens (tertiary/aromatic N) is 4. The van der Waals surface area contributed by atoms with Crippen LogP contribution in [-0.4, -0.2) is 31.8 Å². The van der Waals surface area contributed by atoms with E-state index in [1.54, 1.807) is 17.2 Å². The minimum atomic E-state index is 0.219. The number of aryl methyl sites for hydroxylation is 1. The van der Waals surface area contributed by atoms with Crippen LogP contribution in [0.3, 0.4) is 0 Å². The van der Waals surface area contributed by atoms with Gasteiger partial charge in [0, 0.05) is 19.1 Å². The summed E-state index contributed by atoms with van der Waals surface area (Å²) in [5.41, 5.74) is 6.89. The van der Waals surface area contributed by atoms with Crippen molar-refractivity contribution in [1.82, 2.24) is 19.7 Å². The Morgan fingerprint density at radius 3 is 3.06 bits per heavy atom. The van der Waals surface area contributed by atoms with Gasteiger partial charge in [0.2, 0.25) is 0 Å². The van der Waals surface area contributed by atoms with Crippen LogP contribution in [0, 0.1) is 0 Å². The molecule has 3 N–H and O–H groups in total. The van der Waals surface area contributed by atoms with Crippen molar-refractivity contribution in [2.75, 3.05) is 5.32 Å². The molecule has 2 heterocycles. The maximum Gasteiger partial charge on any atom is 0.163 e. The van der Waals surface area contributed by atoms with E-state index >= 15 is 0 Å². The fraction of sp³-hybridized carbons (Fsp3) is 0.545. The van der Waals surface area contributed by atoms with Crippen molar-refractivity contribution in [2.45, 2.75) is 31.3 Å². The molecule has 2 aromatic heterocycles. The summed E-state index contributed by atoms with van der Waals surface area (Å²) in [6, 6.07) is 0.532. The number of hydrogen-bond acceptors (Lipinski definition) is 5. The number of rotatable bonds is 2. The van der Waals surface area contributed by atoms with Crippen LogP contribution in [0.4, 0.5) is 5.82 Å². The van der Waals surface area contributed by atoms with Crippen LogP contribution >= 0.6 is 0 Å². The number of nitrogens with two attached hydrogens (primary N) is 1. The zero-order chi connectivity index (χ0) is 11.8. The highest BCUT2D eigenvalue weighted by atomic mass is 15.3. The highest BCUT2D eigenvalue weighted by molar-refractivity contribution is 5.86. The maximum absolute atomic E-state index is 6.05. The standard InChI is InChI=1S/C11H16N6/c1-17-11-7(5-15-17)10(13-6-14-11)16-9-4-2-3-8(9)12/h5-6,8-9H,2-4,12H2,1H3,(H,13,14,16). The lowest BCUT2D eigenvalue weighted by atomic mass is 10.2. The first-order valence-electron chi connectivity index (χ1n) is 5.90. The molecule has 0 radical (unpaired) electrons. The summed E-state index contributed by atoms with van der Waals surface area (Å²) < 4.78 is 1.75. The van der Waals surface area contributed by atoms with Crippen LogP contribution in [0.1, 0.15) is 19.3 Å². The van der Waals surface area contributed by atoms with Gasteiger partial charge >= 0.3 is 0 Å². The van der Waals surface area contributed by atoms with Crippen molar-refractivity contribution in [1.29, 1.82) is 0 Å². The number of aromatic nitrogens is 4. The minimum Gasteiger partial charge on any atom is -0.365 e. The first-order valence-corrected chi connectivity index (χ1v) is 5.90. The Bertz CT molecular complexity index is 534. The van der Waals surface area contributed by atoms with Gasteiger partial charge in [0.15, 0.2) is 5.65 Å². The van der Waals surface area contributed by atoms with E-state index in [4.69, 9.17) is 5.73 Å². The van der Waals surface area contributed by atoms with Gasteiger partial charge in [0.05, 0.1) is 11.6 Å². The van der Waals surface area contributed by atoms with Gasteiger partial charge in [-0.2, -0.15) is 5.10 Å². The molecule has 1 saturated carbocycles. The second-order valence-corrected chi connectivity index (χ2v) is 4.57. The van der Waals surface area contributed by atoms with Crippen LogP contribution in [0.2, 0.25) is 0 Å². The predicted octanol–water partition coefficient (Wildman–Crippen LogP) is 0.655. The molecule has 1 aliphatic carbocycles. The van der Waals surface area contributed by atoms with Crippen molar-refractivity contribution in [3.63, 3.8) is 0 Å². The van der Waals surface area contributed by atoms with Gasteiger partial charge in [0.25, 0.3) is 0 Å². The van der Waals surface area contributed by atoms with Gasteiger partial charge < -0.3 is 11.1 Å². The molecule has 0 bridgehead atoms. The molecule has 0 saturated heterocycles. The van der Waals surface area contributed by atoms with Gasteiger partial charge in [-0.25, -0.2) is 9.97 Å². The SMILES string of the molecule is Cn1ncc2c(NC3CCCC3N)ncnc21. The van der Waals surface area contributed by atoms with Crippen molar-refractivity contribution in [3.8, 4) is 0 Å². The van der Waals surface area contributed by atoms with Gasteiger partial charge in [0.1, 0.15) is 12.1 Å². The topological polar surface area (TPSA) is 81.7 Å². The predicted molar refractivity (Wildman–Crippen MR) is 65.5 cm³/mol. The molecule has 1 fully saturated rings. The monoisotopic (exact) mass is 232 g/mol. The fourth-order valence-corrected chi connectivity index (χ4v) is 2.42. The van der Waals surface area contributed by atoms with Crippen LogP contribution in [0.25, 0.3) is 11.0 Å². The molecule has 2 aromatic rings. The summed E-state index contributed by atoms with van der Waals surface area (Å²) in [7, 11) is 1.88. The Labute approximate surface area is 99.2 Å². The van der Waals surface area contributed by atoms with Crippen LogP contribution in [-0.2, 0) is 7.05 Å². The second kappa shape index (κ2) is 3.96. The maximum atomic E-state index is 6.05. The Morgan fingerprint density at radius 1 is 1.41 bits per heavy atom. The summed E-state index contributed by atoms with van der Waals surface area (Å²) in [5.74, 6) is 0.838. The van der Waals surface area contributed by atoms with Crippen molar-refractivity contribution < 1.29 is 0 Å². The van der Waals surface area contributed by atoms with E-state index in [0.29, 0.717) is 6.04 Å². The third-order valence-corrected chi connectivity index (χ3v) is 3.42. The van der Waals surface area contributed by atoms with E-state index in [0.717, 1.165) is 29.7 Å². The molecular weight excluding hydrogens is 216 g/mol. The second-order valence-electron chi connectivity index (χ2n) is 4.57. The lowest BCUT2D eigenvalue weighted by molar-refractivity contribution is 0.636. The molecule has 6 heteroatoms. The van der Waals surface area contributed by atoms with Crippen LogP contribution < -0.4 is 11.1 Å². The molecule has 0 amide bonds. The highest BCUT2D eigenvalue weighted by Gasteiger charge is 2.24. The number of anilines is 1. The molecule has 90 valence electrons. The van der Waals surface area contributed by atoms with E-state index in [9.17, 15) is 0 Å². The lowest BCUT2D eigenvalue weighted by Crippen LogP contribution is -2.35. The van der Waals surface area contributed by atoms with Crippen LogP contribution in [0.5, 0.6) is 0 Å². The minimum absolute atomic E-state index is 0.219. The number of fused-ring (bicyclic) bond motifs is 1. The molecule has 6 nitrogen and oxygen atoms in total. The van der Waals surface area contributed by atoms with Crippen molar-refractivity contribution in [2.24, 2.45) is 12.8 Å². The summed E-state index contributed by atoms with van der Waals surface area (Å²) in [5, 5.41) is 8.56. The summed E-state index contributed by atoms with van der Waals surface area (Å²) in [4.78, 5) is 8.50. The molecule has 3 rings (SSSR count). The first-order chi connectivity index (χ1) is 8.25. The molecule has 2 atom stereocenters. The molecular formula is C11H16N6. The zero-order valence-corrected chi connectivity index (χ0v) is 9.80. The largest absolute Gasteiger partial charge is 0.365 e. The van der Waals surface area contributed by atoms with Gasteiger partial charge in [-0.1, -0.05) is 0 Å². The normalized spacial score (nSPS) is 24.4. The van der Waals surface area contributed by atoms with E-state index in [-0.39, 0.29) is 6.04 Å². The van der Waals surface area contributed by atoms with E-state index in [2.05, 4.69) is 20.4 Å². The Kier molecular flexibility index (Phi) is 2.44. The molecule has 0 aromatic carbocycles. The van der Waals surface area contributed by atoms with Gasteiger partial charge in [-0.15, -0.1) is 0 Å². The third kappa shape index (κ3) is 1.74. The van der Waals surface area contributed by atoms with Gasteiger partial charge in [-0.05, 0) is 19.3 Å². The smallest absolute Gasteiger partial charge is 0.163 e. The van der Waals surface area contributed by atoms with Crippen LogP contribution in [0.15, 0.2) is 12.5 Å². The third-order valence-electron chi connectivity index (χ3n) is 3.42. The van der Waals surface area contributed by atoms with Crippen molar-refractivity contribution in [3.05, 3.63) is 12.5 Å². The van der Waals surface area contributed by atoms with E-state index < -0.39 is 0 Å². The first kappa shape index (κ1) is 10.5. The van der Waals surface area contributed by atoms with E-state index in [1.165, 1.54) is 6.42 Å². The molecule has 1 aliphatic rings. The van der Waals surface area contributed by atoms with Crippen molar-refractivity contribution >= 4 is 16.9 Å². The Balaban J connectivity index is 1.94. The molecule has 0 aliphatic heterocycles. The average Bonchev–Trinajstić information content (AvgIpc) is 2.89. The average molecular weight is 232 g/mol. The van der Waals surface area contributed by atoms with Gasteiger partial charge in [-0.3, -0.25) is 4.68 Å². The fourth-order valence-electron chi connectivity index (χ4n) is 2.42. The summed E-state index contributed by atoms with van der Waals surface area (Å²) in [6.45, 7) is 0.